The van der Waals surface area contributed by atoms with E-state index in [1.807, 2.05) is 0 Å². The Bertz CT molecular complexity index is 320. The predicted octanol–water partition coefficient (Wildman–Crippen LogP) is -3.76. The van der Waals surface area contributed by atoms with E-state index < -0.39 is 11.9 Å². The van der Waals surface area contributed by atoms with Crippen LogP contribution in [0.5, 0.6) is 0 Å². The van der Waals surface area contributed by atoms with Crippen LogP contribution in [0.25, 0.3) is 0 Å². The summed E-state index contributed by atoms with van der Waals surface area (Å²) in [5, 5.41) is 66.5. The molecule has 0 bridgehead atoms. The van der Waals surface area contributed by atoms with Crippen LogP contribution < -0.4 is 0 Å². The van der Waals surface area contributed by atoms with Gasteiger partial charge in [0.25, 0.3) is 0 Å². The van der Waals surface area contributed by atoms with Crippen molar-refractivity contribution in [2.75, 3.05) is 78.9 Å². The lowest BCUT2D eigenvalue weighted by Gasteiger charge is -2.17. The topological polar surface area (TPSA) is 202 Å². The number of aliphatic carboxylic acids is 2. The molecule has 0 spiro atoms. The molecule has 0 aliphatic carbocycles. The molecule has 0 fully saturated rings. The zero-order chi connectivity index (χ0) is 22.2. The number of carboxylic acids is 2. The number of aliphatic hydroxyl groups excluding tert-OH is 6. The summed E-state index contributed by atoms with van der Waals surface area (Å²) in [5.41, 5.74) is 0. The van der Waals surface area contributed by atoms with Gasteiger partial charge in [0.05, 0.1) is 39.6 Å². The molecule has 0 aliphatic heterocycles. The van der Waals surface area contributed by atoms with E-state index >= 15 is 0 Å². The van der Waals surface area contributed by atoms with Gasteiger partial charge in [-0.15, -0.1) is 0 Å². The van der Waals surface area contributed by atoms with Crippen LogP contribution in [-0.2, 0) is 9.59 Å². The first-order chi connectivity index (χ1) is 13.3. The molecule has 0 saturated heterocycles. The van der Waals surface area contributed by atoms with Crippen LogP contribution in [-0.4, -0.2) is 142 Å². The van der Waals surface area contributed by atoms with Crippen molar-refractivity contribution in [1.82, 2.24) is 9.80 Å². The van der Waals surface area contributed by atoms with Crippen molar-refractivity contribution in [2.24, 2.45) is 0 Å². The van der Waals surface area contributed by atoms with E-state index in [-0.39, 0.29) is 39.6 Å². The van der Waals surface area contributed by atoms with E-state index in [9.17, 15) is 9.59 Å². The van der Waals surface area contributed by atoms with Gasteiger partial charge < -0.3 is 40.9 Å². The average molecular weight is 414 g/mol. The molecule has 12 nitrogen and oxygen atoms in total. The fourth-order valence-corrected chi connectivity index (χ4v) is 1.66. The van der Waals surface area contributed by atoms with Gasteiger partial charge in [-0.3, -0.25) is 9.80 Å². The molecule has 8 N–H and O–H groups in total. The molecule has 0 rings (SSSR count). The SMILES string of the molecule is O=C(O)/C=C/C(=O)O.OCCN(CCO)CCO.OCCN(CCO)CCO. The first-order valence-corrected chi connectivity index (χ1v) is 8.56. The van der Waals surface area contributed by atoms with Gasteiger partial charge >= 0.3 is 11.9 Å². The van der Waals surface area contributed by atoms with Gasteiger partial charge in [0.1, 0.15) is 0 Å². The van der Waals surface area contributed by atoms with Crippen LogP contribution in [0.15, 0.2) is 12.2 Å². The molecule has 0 amide bonds. The van der Waals surface area contributed by atoms with Crippen molar-refractivity contribution in [1.29, 1.82) is 0 Å². The molecule has 28 heavy (non-hydrogen) atoms. The zero-order valence-electron chi connectivity index (χ0n) is 15.9. The quantitative estimate of drug-likeness (QED) is 0.129. The molecular formula is C16H34N2O10. The van der Waals surface area contributed by atoms with E-state index in [0.717, 1.165) is 0 Å². The van der Waals surface area contributed by atoms with Crippen molar-refractivity contribution >= 4 is 11.9 Å². The van der Waals surface area contributed by atoms with Crippen molar-refractivity contribution < 1.29 is 50.4 Å². The first-order valence-electron chi connectivity index (χ1n) is 8.56. The van der Waals surface area contributed by atoms with E-state index in [1.165, 1.54) is 0 Å². The van der Waals surface area contributed by atoms with Gasteiger partial charge in [0.15, 0.2) is 0 Å². The van der Waals surface area contributed by atoms with Gasteiger partial charge in [0, 0.05) is 51.4 Å². The number of carboxylic acid groups (broad SMARTS) is 2. The highest BCUT2D eigenvalue weighted by Crippen LogP contribution is 1.85. The fourth-order valence-electron chi connectivity index (χ4n) is 1.66. The zero-order valence-corrected chi connectivity index (χ0v) is 15.9. The molecule has 0 unspecified atom stereocenters. The number of carbonyl (C=O) groups is 2. The Kier molecular flexibility index (Phi) is 28.1. The summed E-state index contributed by atoms with van der Waals surface area (Å²) in [6.07, 6.45) is 1.12. The molecule has 0 aromatic rings. The second-order valence-electron chi connectivity index (χ2n) is 5.03. The standard InChI is InChI=1S/2C6H15NO3.C4H4O4/c2*8-4-1-7(2-5-9)3-6-10;5-3(6)1-2-4(7)8/h2*8-10H,1-6H2;1-2H,(H,5,6)(H,7,8)/b;;2-1+. The van der Waals surface area contributed by atoms with Crippen molar-refractivity contribution in [3.63, 3.8) is 0 Å². The van der Waals surface area contributed by atoms with Gasteiger partial charge in [-0.2, -0.15) is 0 Å². The van der Waals surface area contributed by atoms with Gasteiger partial charge in [-0.25, -0.2) is 9.59 Å². The van der Waals surface area contributed by atoms with Gasteiger partial charge in [-0.05, 0) is 0 Å². The Morgan fingerprint density at radius 1 is 0.500 bits per heavy atom. The highest BCUT2D eigenvalue weighted by Gasteiger charge is 2.01. The Balaban J connectivity index is -0.000000337. The second-order valence-corrected chi connectivity index (χ2v) is 5.03. The van der Waals surface area contributed by atoms with Gasteiger partial charge in [-0.1, -0.05) is 0 Å². The normalized spacial score (nSPS) is 10.4. The van der Waals surface area contributed by atoms with E-state index in [1.54, 1.807) is 9.80 Å². The Hall–Kier alpha value is -1.64. The second kappa shape index (κ2) is 25.4. The number of hydrogen-bond donors (Lipinski definition) is 8. The minimum absolute atomic E-state index is 0.0694. The summed E-state index contributed by atoms with van der Waals surface area (Å²) in [5.74, 6) is -2.51. The highest BCUT2D eigenvalue weighted by molar-refractivity contribution is 5.89. The highest BCUT2D eigenvalue weighted by atomic mass is 16.4. The summed E-state index contributed by atoms with van der Waals surface area (Å²) < 4.78 is 0. The van der Waals surface area contributed by atoms with Gasteiger partial charge in [0.2, 0.25) is 0 Å². The maximum Gasteiger partial charge on any atom is 0.328 e. The van der Waals surface area contributed by atoms with Crippen LogP contribution in [0.2, 0.25) is 0 Å². The van der Waals surface area contributed by atoms with Crippen molar-refractivity contribution in [3.05, 3.63) is 12.2 Å². The monoisotopic (exact) mass is 414 g/mol. The molecule has 0 saturated carbocycles. The maximum atomic E-state index is 9.55. The average Bonchev–Trinajstić information content (AvgIpc) is 2.62. The lowest BCUT2D eigenvalue weighted by Crippen LogP contribution is -2.32. The summed E-state index contributed by atoms with van der Waals surface area (Å²) in [7, 11) is 0. The molecular weight excluding hydrogens is 380 g/mol. The van der Waals surface area contributed by atoms with Crippen LogP contribution in [0, 0.1) is 0 Å². The molecule has 0 atom stereocenters. The third kappa shape index (κ3) is 29.1. The van der Waals surface area contributed by atoms with Crippen LogP contribution >= 0.6 is 0 Å². The summed E-state index contributed by atoms with van der Waals surface area (Å²) in [4.78, 5) is 22.7. The van der Waals surface area contributed by atoms with Crippen molar-refractivity contribution in [2.45, 2.75) is 0 Å². The molecule has 0 aromatic heterocycles. The lowest BCUT2D eigenvalue weighted by molar-refractivity contribution is -0.134. The van der Waals surface area contributed by atoms with Crippen LogP contribution in [0.1, 0.15) is 0 Å². The minimum Gasteiger partial charge on any atom is -0.478 e. The maximum absolute atomic E-state index is 9.55. The number of nitrogens with zero attached hydrogens (tertiary/aromatic N) is 2. The predicted molar refractivity (Wildman–Crippen MR) is 99.8 cm³/mol. The third-order valence-corrected chi connectivity index (χ3v) is 2.87. The lowest BCUT2D eigenvalue weighted by atomic mass is 10.4. The molecule has 0 radical (unpaired) electrons. The number of aliphatic hydroxyl groups is 6. The first kappa shape index (κ1) is 31.1. The summed E-state index contributed by atoms with van der Waals surface area (Å²) in [6.45, 7) is 3.51. The number of hydrogen-bond acceptors (Lipinski definition) is 10. The molecule has 12 heteroatoms. The molecule has 0 aliphatic rings. The van der Waals surface area contributed by atoms with E-state index in [4.69, 9.17) is 40.9 Å². The molecule has 168 valence electrons. The largest absolute Gasteiger partial charge is 0.478 e. The van der Waals surface area contributed by atoms with Crippen molar-refractivity contribution in [3.8, 4) is 0 Å². The Morgan fingerprint density at radius 2 is 0.679 bits per heavy atom. The molecule has 0 heterocycles. The Labute approximate surface area is 164 Å². The van der Waals surface area contributed by atoms with Crippen LogP contribution in [0.4, 0.5) is 0 Å². The summed E-state index contributed by atoms with van der Waals surface area (Å²) in [6, 6.07) is 0. The Morgan fingerprint density at radius 3 is 0.786 bits per heavy atom. The third-order valence-electron chi connectivity index (χ3n) is 2.87. The fraction of sp³-hybridized carbons (Fsp3) is 0.750. The van der Waals surface area contributed by atoms with E-state index in [0.29, 0.717) is 51.4 Å². The molecule has 0 aromatic carbocycles. The summed E-state index contributed by atoms with van der Waals surface area (Å²) >= 11 is 0. The van der Waals surface area contributed by atoms with E-state index in [2.05, 4.69) is 0 Å². The van der Waals surface area contributed by atoms with Crippen LogP contribution in [0.3, 0.4) is 0 Å². The minimum atomic E-state index is -1.26. The smallest absolute Gasteiger partial charge is 0.328 e. The number of rotatable bonds is 14.